The molecule has 0 spiro atoms. The molecule has 2 heterocycles. The Morgan fingerprint density at radius 2 is 1.79 bits per heavy atom. The average molecular weight is 390 g/mol. The van der Waals surface area contributed by atoms with Gasteiger partial charge in [0.05, 0.1) is 10.9 Å². The van der Waals surface area contributed by atoms with E-state index in [4.69, 9.17) is 4.99 Å². The fourth-order valence-electron chi connectivity index (χ4n) is 3.62. The standard InChI is InChI=1S/C23H23N3OS/c1-16(27)24-23-25-21-19(13-17-9-5-3-6-10-17)14-26(2)15-20(21)22(28-23)18-11-7-4-8-12-18/h3-13,22H,14-15H2,1-2H3,(H,24,25,27)/b19-13+. The number of amides is 1. The van der Waals surface area contributed by atoms with Crippen molar-refractivity contribution in [3.05, 3.63) is 88.6 Å². The number of aliphatic imine (C=N–C) groups is 1. The summed E-state index contributed by atoms with van der Waals surface area (Å²) in [7, 11) is 2.14. The fraction of sp³-hybridized carbons (Fsp3) is 0.217. The first-order valence-electron chi connectivity index (χ1n) is 9.35. The van der Waals surface area contributed by atoms with Gasteiger partial charge >= 0.3 is 0 Å². The van der Waals surface area contributed by atoms with Crippen LogP contribution in [-0.4, -0.2) is 36.1 Å². The topological polar surface area (TPSA) is 44.7 Å². The number of benzene rings is 2. The van der Waals surface area contributed by atoms with Crippen LogP contribution in [0.15, 0.2) is 82.5 Å². The summed E-state index contributed by atoms with van der Waals surface area (Å²) in [4.78, 5) is 18.9. The maximum Gasteiger partial charge on any atom is 0.222 e. The summed E-state index contributed by atoms with van der Waals surface area (Å²) in [5.41, 5.74) is 5.87. The number of hydrogen-bond acceptors (Lipinski definition) is 4. The third-order valence-electron chi connectivity index (χ3n) is 4.77. The number of likely N-dealkylation sites (N-methyl/N-ethyl adjacent to an activating group) is 1. The number of thioether (sulfide) groups is 1. The van der Waals surface area contributed by atoms with Gasteiger partial charge in [-0.25, -0.2) is 4.99 Å². The maximum absolute atomic E-state index is 11.7. The normalized spacial score (nSPS) is 21.3. The van der Waals surface area contributed by atoms with E-state index in [1.807, 2.05) is 24.3 Å². The Kier molecular flexibility index (Phi) is 5.46. The van der Waals surface area contributed by atoms with Crippen LogP contribution < -0.4 is 5.32 Å². The lowest BCUT2D eigenvalue weighted by atomic mass is 9.94. The van der Waals surface area contributed by atoms with Gasteiger partial charge in [-0.2, -0.15) is 0 Å². The second-order valence-corrected chi connectivity index (χ2v) is 8.23. The van der Waals surface area contributed by atoms with Gasteiger partial charge in [0.25, 0.3) is 0 Å². The van der Waals surface area contributed by atoms with Gasteiger partial charge in [-0.15, -0.1) is 0 Å². The Morgan fingerprint density at radius 1 is 1.11 bits per heavy atom. The molecule has 142 valence electrons. The van der Waals surface area contributed by atoms with Crippen molar-refractivity contribution in [1.29, 1.82) is 0 Å². The lowest BCUT2D eigenvalue weighted by Crippen LogP contribution is -2.35. The highest BCUT2D eigenvalue weighted by Gasteiger charge is 2.33. The summed E-state index contributed by atoms with van der Waals surface area (Å²) in [5, 5.41) is 3.72. The molecule has 1 unspecified atom stereocenters. The largest absolute Gasteiger partial charge is 0.305 e. The van der Waals surface area contributed by atoms with Crippen LogP contribution in [0.4, 0.5) is 0 Å². The molecule has 4 nitrogen and oxygen atoms in total. The molecule has 2 aromatic carbocycles. The van der Waals surface area contributed by atoms with Crippen molar-refractivity contribution in [1.82, 2.24) is 10.2 Å². The van der Waals surface area contributed by atoms with Gasteiger partial charge in [0.2, 0.25) is 5.91 Å². The maximum atomic E-state index is 11.7. The third-order valence-corrected chi connectivity index (χ3v) is 5.98. The molecule has 0 saturated carbocycles. The van der Waals surface area contributed by atoms with E-state index < -0.39 is 0 Å². The summed E-state index contributed by atoms with van der Waals surface area (Å²) in [5.74, 6) is -0.0939. The molecule has 0 aliphatic carbocycles. The molecule has 28 heavy (non-hydrogen) atoms. The zero-order chi connectivity index (χ0) is 19.5. The summed E-state index contributed by atoms with van der Waals surface area (Å²) >= 11 is 1.62. The lowest BCUT2D eigenvalue weighted by Gasteiger charge is -2.35. The first-order chi connectivity index (χ1) is 13.6. The molecule has 1 atom stereocenters. The smallest absolute Gasteiger partial charge is 0.222 e. The third kappa shape index (κ3) is 4.11. The van der Waals surface area contributed by atoms with Crippen LogP contribution in [0.5, 0.6) is 0 Å². The minimum atomic E-state index is -0.0939. The van der Waals surface area contributed by atoms with E-state index in [0.717, 1.165) is 24.4 Å². The van der Waals surface area contributed by atoms with E-state index in [1.165, 1.54) is 23.6 Å². The molecular weight excluding hydrogens is 366 g/mol. The van der Waals surface area contributed by atoms with E-state index in [0.29, 0.717) is 5.17 Å². The number of amidine groups is 1. The lowest BCUT2D eigenvalue weighted by molar-refractivity contribution is -0.117. The number of nitrogens with one attached hydrogen (secondary N) is 1. The van der Waals surface area contributed by atoms with E-state index in [1.54, 1.807) is 11.8 Å². The first kappa shape index (κ1) is 18.7. The minimum absolute atomic E-state index is 0.0939. The molecule has 0 fully saturated rings. The Balaban J connectivity index is 1.83. The Hall–Kier alpha value is -2.63. The minimum Gasteiger partial charge on any atom is -0.305 e. The molecule has 0 radical (unpaired) electrons. The number of carbonyl (C=O) groups excluding carboxylic acids is 1. The van der Waals surface area contributed by atoms with Crippen LogP contribution >= 0.6 is 11.8 Å². The summed E-state index contributed by atoms with van der Waals surface area (Å²) in [6.07, 6.45) is 2.21. The van der Waals surface area contributed by atoms with Crippen LogP contribution in [0.25, 0.3) is 6.08 Å². The Labute approximate surface area is 170 Å². The zero-order valence-electron chi connectivity index (χ0n) is 16.1. The SMILES string of the molecule is CC(=O)NC1=NC2=C(CN(C)C/C2=C\c2ccccc2)C(c2ccccc2)S1. The first-order valence-corrected chi connectivity index (χ1v) is 10.2. The second kappa shape index (κ2) is 8.17. The van der Waals surface area contributed by atoms with Crippen LogP contribution in [0.1, 0.15) is 23.3 Å². The Morgan fingerprint density at radius 3 is 2.46 bits per heavy atom. The fourth-order valence-corrected chi connectivity index (χ4v) is 4.82. The summed E-state index contributed by atoms with van der Waals surface area (Å²) in [6, 6.07) is 20.8. The van der Waals surface area contributed by atoms with E-state index >= 15 is 0 Å². The van der Waals surface area contributed by atoms with Crippen molar-refractivity contribution in [2.45, 2.75) is 12.2 Å². The molecule has 2 aromatic rings. The predicted molar refractivity (Wildman–Crippen MR) is 117 cm³/mol. The van der Waals surface area contributed by atoms with Gasteiger partial charge in [0, 0.05) is 20.0 Å². The van der Waals surface area contributed by atoms with Crippen LogP contribution in [0.2, 0.25) is 0 Å². The van der Waals surface area contributed by atoms with Gasteiger partial charge < -0.3 is 5.32 Å². The van der Waals surface area contributed by atoms with Crippen molar-refractivity contribution in [3.63, 3.8) is 0 Å². The zero-order valence-corrected chi connectivity index (χ0v) is 16.9. The molecule has 0 bridgehead atoms. The molecule has 4 rings (SSSR count). The molecule has 1 N–H and O–H groups in total. The number of nitrogens with zero attached hydrogens (tertiary/aromatic N) is 2. The van der Waals surface area contributed by atoms with Crippen molar-refractivity contribution >= 4 is 28.9 Å². The van der Waals surface area contributed by atoms with Gasteiger partial charge in [-0.1, -0.05) is 72.4 Å². The number of hydrogen-bond donors (Lipinski definition) is 1. The van der Waals surface area contributed by atoms with Crippen molar-refractivity contribution in [2.75, 3.05) is 20.1 Å². The van der Waals surface area contributed by atoms with E-state index in [2.05, 4.69) is 59.7 Å². The predicted octanol–water partition coefficient (Wildman–Crippen LogP) is 4.25. The van der Waals surface area contributed by atoms with E-state index in [-0.39, 0.29) is 11.2 Å². The van der Waals surface area contributed by atoms with Gasteiger partial charge in [0.15, 0.2) is 5.17 Å². The average Bonchev–Trinajstić information content (AvgIpc) is 2.69. The van der Waals surface area contributed by atoms with Crippen molar-refractivity contribution < 1.29 is 4.79 Å². The number of carbonyl (C=O) groups is 1. The summed E-state index contributed by atoms with van der Waals surface area (Å²) < 4.78 is 0. The molecule has 2 aliphatic heterocycles. The highest BCUT2D eigenvalue weighted by atomic mass is 32.2. The van der Waals surface area contributed by atoms with Gasteiger partial charge in [-0.3, -0.25) is 9.69 Å². The molecule has 5 heteroatoms. The van der Waals surface area contributed by atoms with Crippen molar-refractivity contribution in [2.24, 2.45) is 4.99 Å². The van der Waals surface area contributed by atoms with Gasteiger partial charge in [-0.05, 0) is 35.4 Å². The van der Waals surface area contributed by atoms with Crippen LogP contribution in [0.3, 0.4) is 0 Å². The van der Waals surface area contributed by atoms with Crippen LogP contribution in [0, 0.1) is 0 Å². The quantitative estimate of drug-likeness (QED) is 0.835. The molecule has 0 saturated heterocycles. The highest BCUT2D eigenvalue weighted by molar-refractivity contribution is 8.14. The number of rotatable bonds is 2. The Bertz CT molecular complexity index is 964. The molecular formula is C23H23N3OS. The molecule has 0 aromatic heterocycles. The van der Waals surface area contributed by atoms with Gasteiger partial charge in [0.1, 0.15) is 0 Å². The van der Waals surface area contributed by atoms with E-state index in [9.17, 15) is 4.79 Å². The second-order valence-electron chi connectivity index (χ2n) is 7.13. The molecule has 1 amide bonds. The highest BCUT2D eigenvalue weighted by Crippen LogP contribution is 2.45. The van der Waals surface area contributed by atoms with Crippen LogP contribution in [-0.2, 0) is 4.79 Å². The summed E-state index contributed by atoms with van der Waals surface area (Å²) in [6.45, 7) is 3.22. The van der Waals surface area contributed by atoms with Crippen molar-refractivity contribution in [3.8, 4) is 0 Å². The monoisotopic (exact) mass is 389 g/mol. The molecule has 2 aliphatic rings.